The first-order chi connectivity index (χ1) is 10.7. The highest BCUT2D eigenvalue weighted by molar-refractivity contribution is 7.14. The van der Waals surface area contributed by atoms with Crippen molar-refractivity contribution >= 4 is 28.3 Å². The lowest BCUT2D eigenvalue weighted by Crippen LogP contribution is -2.07. The number of nitrogens with one attached hydrogen (secondary N) is 1. The van der Waals surface area contributed by atoms with Crippen molar-refractivity contribution in [2.24, 2.45) is 0 Å². The summed E-state index contributed by atoms with van der Waals surface area (Å²) in [5.41, 5.74) is 1.18. The molecule has 1 aromatic heterocycles. The Kier molecular flexibility index (Phi) is 5.17. The molecule has 0 atom stereocenters. The van der Waals surface area contributed by atoms with Crippen LogP contribution in [0.25, 0.3) is 6.08 Å². The fourth-order valence-electron chi connectivity index (χ4n) is 1.78. The molecule has 0 saturated heterocycles. The number of rotatable bonds is 5. The van der Waals surface area contributed by atoms with Crippen LogP contribution in [0.4, 0.5) is 5.00 Å². The van der Waals surface area contributed by atoms with E-state index in [2.05, 4.69) is 5.32 Å². The Morgan fingerprint density at radius 1 is 1.32 bits per heavy atom. The van der Waals surface area contributed by atoms with E-state index in [1.807, 2.05) is 6.07 Å². The van der Waals surface area contributed by atoms with Crippen LogP contribution in [0.3, 0.4) is 0 Å². The van der Waals surface area contributed by atoms with Crippen molar-refractivity contribution < 1.29 is 14.3 Å². The largest absolute Gasteiger partial charge is 0.497 e. The number of carbonyl (C=O) groups excluding carboxylic acids is 1. The van der Waals surface area contributed by atoms with Gasteiger partial charge < -0.3 is 14.8 Å². The molecule has 0 bridgehead atoms. The molecule has 5 nitrogen and oxygen atoms in total. The average molecular weight is 314 g/mol. The molecule has 112 valence electrons. The van der Waals surface area contributed by atoms with Crippen LogP contribution in [0.1, 0.15) is 11.1 Å². The van der Waals surface area contributed by atoms with Crippen LogP contribution in [0.15, 0.2) is 35.7 Å². The fourth-order valence-corrected chi connectivity index (χ4v) is 2.52. The molecule has 6 heteroatoms. The molecule has 0 saturated carbocycles. The Bertz CT molecular complexity index is 744. The van der Waals surface area contributed by atoms with E-state index < -0.39 is 0 Å². The molecule has 22 heavy (non-hydrogen) atoms. The maximum atomic E-state index is 11.9. The SMILES string of the molecule is COc1ccc(OC)c(/C=C/C(=O)Nc2sccc2C#N)c1. The van der Waals surface area contributed by atoms with Crippen LogP contribution in [0, 0.1) is 11.3 Å². The molecule has 1 aromatic carbocycles. The number of hydrogen-bond acceptors (Lipinski definition) is 5. The fraction of sp³-hybridized carbons (Fsp3) is 0.125. The molecular weight excluding hydrogens is 300 g/mol. The molecular formula is C16H14N2O3S. The van der Waals surface area contributed by atoms with E-state index in [1.54, 1.807) is 49.9 Å². The number of benzene rings is 1. The summed E-state index contributed by atoms with van der Waals surface area (Å²) >= 11 is 1.30. The summed E-state index contributed by atoms with van der Waals surface area (Å²) < 4.78 is 10.4. The van der Waals surface area contributed by atoms with Gasteiger partial charge in [-0.15, -0.1) is 11.3 Å². The van der Waals surface area contributed by atoms with Gasteiger partial charge >= 0.3 is 0 Å². The summed E-state index contributed by atoms with van der Waals surface area (Å²) in [7, 11) is 3.13. The third-order valence-corrected chi connectivity index (χ3v) is 3.70. The maximum Gasteiger partial charge on any atom is 0.249 e. The van der Waals surface area contributed by atoms with Gasteiger partial charge in [-0.3, -0.25) is 4.79 Å². The van der Waals surface area contributed by atoms with Crippen LogP contribution >= 0.6 is 11.3 Å². The van der Waals surface area contributed by atoms with Crippen LogP contribution in [0.5, 0.6) is 11.5 Å². The number of anilines is 1. The summed E-state index contributed by atoms with van der Waals surface area (Å²) in [5, 5.41) is 13.9. The topological polar surface area (TPSA) is 71.3 Å². The summed E-state index contributed by atoms with van der Waals surface area (Å²) in [6, 6.07) is 9.00. The smallest absolute Gasteiger partial charge is 0.249 e. The second kappa shape index (κ2) is 7.29. The van der Waals surface area contributed by atoms with Crippen molar-refractivity contribution in [3.63, 3.8) is 0 Å². The molecule has 0 unspecified atom stereocenters. The Balaban J connectivity index is 2.14. The van der Waals surface area contributed by atoms with E-state index in [-0.39, 0.29) is 5.91 Å². The monoisotopic (exact) mass is 314 g/mol. The second-order valence-electron chi connectivity index (χ2n) is 4.21. The molecule has 0 aliphatic carbocycles. The standard InChI is InChI=1S/C16H14N2O3S/c1-20-13-4-5-14(21-2)11(9-13)3-6-15(19)18-16-12(10-17)7-8-22-16/h3-9H,1-2H3,(H,18,19)/b6-3+. The van der Waals surface area contributed by atoms with Crippen molar-refractivity contribution in [3.05, 3.63) is 46.8 Å². The Hall–Kier alpha value is -2.78. The van der Waals surface area contributed by atoms with Crippen molar-refractivity contribution in [2.45, 2.75) is 0 Å². The third kappa shape index (κ3) is 3.65. The molecule has 0 radical (unpaired) electrons. The van der Waals surface area contributed by atoms with Gasteiger partial charge in [0.05, 0.1) is 19.8 Å². The third-order valence-electron chi connectivity index (χ3n) is 2.87. The van der Waals surface area contributed by atoms with E-state index in [9.17, 15) is 4.79 Å². The number of hydrogen-bond donors (Lipinski definition) is 1. The molecule has 1 heterocycles. The minimum Gasteiger partial charge on any atom is -0.497 e. The minimum atomic E-state index is -0.316. The predicted molar refractivity (Wildman–Crippen MR) is 86.2 cm³/mol. The first-order valence-electron chi connectivity index (χ1n) is 6.36. The Morgan fingerprint density at radius 2 is 2.14 bits per heavy atom. The van der Waals surface area contributed by atoms with Crippen molar-refractivity contribution in [2.75, 3.05) is 19.5 Å². The zero-order valence-electron chi connectivity index (χ0n) is 12.1. The zero-order chi connectivity index (χ0) is 15.9. The predicted octanol–water partition coefficient (Wildman–Crippen LogP) is 3.29. The molecule has 1 N–H and O–H groups in total. The molecule has 0 aliphatic heterocycles. The summed E-state index contributed by atoms with van der Waals surface area (Å²) in [6.07, 6.45) is 3.02. The van der Waals surface area contributed by atoms with Crippen LogP contribution in [-0.2, 0) is 4.79 Å². The average Bonchev–Trinajstić information content (AvgIpc) is 2.99. The Morgan fingerprint density at radius 3 is 2.82 bits per heavy atom. The van der Waals surface area contributed by atoms with Crippen LogP contribution in [0.2, 0.25) is 0 Å². The first-order valence-corrected chi connectivity index (χ1v) is 7.24. The van der Waals surface area contributed by atoms with Gasteiger partial charge in [0.15, 0.2) is 0 Å². The quantitative estimate of drug-likeness (QED) is 0.860. The van der Waals surface area contributed by atoms with Gasteiger partial charge in [0.25, 0.3) is 0 Å². The van der Waals surface area contributed by atoms with Gasteiger partial charge in [-0.1, -0.05) is 0 Å². The normalized spacial score (nSPS) is 10.2. The lowest BCUT2D eigenvalue weighted by atomic mass is 10.1. The van der Waals surface area contributed by atoms with Gasteiger partial charge in [0.1, 0.15) is 22.6 Å². The molecule has 0 aliphatic rings. The van der Waals surface area contributed by atoms with Gasteiger partial charge in [-0.05, 0) is 35.7 Å². The summed E-state index contributed by atoms with van der Waals surface area (Å²) in [5.74, 6) is 0.994. The van der Waals surface area contributed by atoms with Crippen LogP contribution in [-0.4, -0.2) is 20.1 Å². The Labute approximate surface area is 132 Å². The van der Waals surface area contributed by atoms with Crippen LogP contribution < -0.4 is 14.8 Å². The lowest BCUT2D eigenvalue weighted by Gasteiger charge is -2.07. The lowest BCUT2D eigenvalue weighted by molar-refractivity contribution is -0.111. The van der Waals surface area contributed by atoms with Gasteiger partial charge in [-0.2, -0.15) is 5.26 Å². The van der Waals surface area contributed by atoms with Gasteiger partial charge in [-0.25, -0.2) is 0 Å². The zero-order valence-corrected chi connectivity index (χ0v) is 12.9. The number of methoxy groups -OCH3 is 2. The molecule has 0 fully saturated rings. The van der Waals surface area contributed by atoms with E-state index in [0.29, 0.717) is 22.1 Å². The molecule has 2 rings (SSSR count). The number of amides is 1. The van der Waals surface area contributed by atoms with E-state index in [0.717, 1.165) is 5.56 Å². The number of thiophene rings is 1. The van der Waals surface area contributed by atoms with Gasteiger partial charge in [0.2, 0.25) is 5.91 Å². The van der Waals surface area contributed by atoms with Crippen molar-refractivity contribution in [1.29, 1.82) is 5.26 Å². The number of ether oxygens (including phenoxy) is 2. The minimum absolute atomic E-state index is 0.316. The van der Waals surface area contributed by atoms with Gasteiger partial charge in [0, 0.05) is 11.6 Å². The molecule has 1 amide bonds. The van der Waals surface area contributed by atoms with Crippen molar-refractivity contribution in [3.8, 4) is 17.6 Å². The highest BCUT2D eigenvalue weighted by Crippen LogP contribution is 2.25. The number of nitriles is 1. The number of carbonyl (C=O) groups is 1. The highest BCUT2D eigenvalue weighted by atomic mass is 32.1. The number of nitrogens with zero attached hydrogens (tertiary/aromatic N) is 1. The molecule has 2 aromatic rings. The second-order valence-corrected chi connectivity index (χ2v) is 5.12. The van der Waals surface area contributed by atoms with E-state index in [4.69, 9.17) is 14.7 Å². The van der Waals surface area contributed by atoms with E-state index >= 15 is 0 Å². The summed E-state index contributed by atoms with van der Waals surface area (Å²) in [4.78, 5) is 11.9. The summed E-state index contributed by atoms with van der Waals surface area (Å²) in [6.45, 7) is 0. The van der Waals surface area contributed by atoms with E-state index in [1.165, 1.54) is 17.4 Å². The van der Waals surface area contributed by atoms with Crippen molar-refractivity contribution in [1.82, 2.24) is 0 Å². The first kappa shape index (κ1) is 15.6. The maximum absolute atomic E-state index is 11.9. The highest BCUT2D eigenvalue weighted by Gasteiger charge is 2.07. The molecule has 0 spiro atoms.